The third kappa shape index (κ3) is 2.53. The van der Waals surface area contributed by atoms with Gasteiger partial charge in [0.2, 0.25) is 0 Å². The molecule has 0 unspecified atom stereocenters. The lowest BCUT2D eigenvalue weighted by molar-refractivity contribution is 0.277. The van der Waals surface area contributed by atoms with Gasteiger partial charge in [-0.25, -0.2) is 17.9 Å². The molecule has 0 bridgehead atoms. The summed E-state index contributed by atoms with van der Waals surface area (Å²) in [4.78, 5) is 0. The Morgan fingerprint density at radius 2 is 1.90 bits per heavy atom. The molecule has 0 amide bonds. The maximum Gasteiger partial charge on any atom is 0.195 e. The molecule has 1 aromatic carbocycles. The number of aromatic nitrogens is 3. The predicted octanol–water partition coefficient (Wildman–Crippen LogP) is 2.51. The molecule has 108 valence electrons. The Bertz CT molecular complexity index is 626. The van der Waals surface area contributed by atoms with E-state index in [4.69, 9.17) is 0 Å². The van der Waals surface area contributed by atoms with Gasteiger partial charge in [-0.3, -0.25) is 0 Å². The molecule has 1 heterocycles. The summed E-state index contributed by atoms with van der Waals surface area (Å²) in [6.07, 6.45) is 0. The van der Waals surface area contributed by atoms with E-state index in [0.717, 1.165) is 12.1 Å². The van der Waals surface area contributed by atoms with Crippen molar-refractivity contribution < 1.29 is 18.3 Å². The minimum atomic E-state index is -1.55. The summed E-state index contributed by atoms with van der Waals surface area (Å²) in [5.41, 5.74) is 0.117. The van der Waals surface area contributed by atoms with Crippen LogP contribution in [0.15, 0.2) is 12.1 Å². The minimum Gasteiger partial charge on any atom is -0.390 e. The van der Waals surface area contributed by atoms with Gasteiger partial charge in [0.25, 0.3) is 0 Å². The Morgan fingerprint density at radius 1 is 1.20 bits per heavy atom. The maximum absolute atomic E-state index is 13.9. The van der Waals surface area contributed by atoms with Crippen LogP contribution in [0.25, 0.3) is 11.3 Å². The van der Waals surface area contributed by atoms with Crippen LogP contribution in [-0.4, -0.2) is 20.1 Å². The number of aliphatic hydroxyl groups excluding tert-OH is 1. The first-order valence-corrected chi connectivity index (χ1v) is 6.12. The van der Waals surface area contributed by atoms with Crippen molar-refractivity contribution in [3.05, 3.63) is 35.3 Å². The lowest BCUT2D eigenvalue weighted by Gasteiger charge is -2.11. The van der Waals surface area contributed by atoms with Gasteiger partial charge in [-0.05, 0) is 18.1 Å². The molecule has 2 rings (SSSR count). The number of rotatable bonds is 4. The zero-order valence-corrected chi connectivity index (χ0v) is 11.1. The first kappa shape index (κ1) is 14.5. The highest BCUT2D eigenvalue weighted by Gasteiger charge is 2.22. The van der Waals surface area contributed by atoms with Crippen molar-refractivity contribution in [1.82, 2.24) is 15.0 Å². The molecule has 0 fully saturated rings. The fourth-order valence-corrected chi connectivity index (χ4v) is 1.93. The summed E-state index contributed by atoms with van der Waals surface area (Å²) in [5, 5.41) is 16.8. The Balaban J connectivity index is 2.62. The van der Waals surface area contributed by atoms with Gasteiger partial charge in [-0.1, -0.05) is 19.1 Å². The highest BCUT2D eigenvalue weighted by atomic mass is 19.2. The molecule has 1 aromatic heterocycles. The summed E-state index contributed by atoms with van der Waals surface area (Å²) >= 11 is 0. The van der Waals surface area contributed by atoms with Gasteiger partial charge in [-0.15, -0.1) is 5.10 Å². The molecule has 0 saturated carbocycles. The zero-order chi connectivity index (χ0) is 14.9. The number of aliphatic hydroxyl groups is 1. The van der Waals surface area contributed by atoms with Crippen LogP contribution in [0.5, 0.6) is 0 Å². The molecule has 0 radical (unpaired) electrons. The van der Waals surface area contributed by atoms with Gasteiger partial charge in [0, 0.05) is 12.1 Å². The first-order valence-electron chi connectivity index (χ1n) is 6.12. The van der Waals surface area contributed by atoms with E-state index in [1.54, 1.807) is 0 Å². The van der Waals surface area contributed by atoms with Crippen molar-refractivity contribution in [1.29, 1.82) is 0 Å². The van der Waals surface area contributed by atoms with Gasteiger partial charge in [0.15, 0.2) is 17.5 Å². The van der Waals surface area contributed by atoms with Crippen LogP contribution in [0.3, 0.4) is 0 Å². The van der Waals surface area contributed by atoms with Gasteiger partial charge in [0.1, 0.15) is 5.69 Å². The molecular formula is C13H14F3N3O. The Hall–Kier alpha value is -1.89. The maximum atomic E-state index is 13.9. The highest BCUT2D eigenvalue weighted by molar-refractivity contribution is 5.62. The Kier molecular flexibility index (Phi) is 4.08. The molecule has 20 heavy (non-hydrogen) atoms. The third-order valence-electron chi connectivity index (χ3n) is 2.78. The number of benzene rings is 1. The number of hydrogen-bond donors (Lipinski definition) is 1. The third-order valence-corrected chi connectivity index (χ3v) is 2.78. The van der Waals surface area contributed by atoms with Crippen LogP contribution in [-0.2, 0) is 13.2 Å². The van der Waals surface area contributed by atoms with Crippen LogP contribution < -0.4 is 0 Å². The molecule has 0 aliphatic rings. The Morgan fingerprint density at radius 3 is 2.50 bits per heavy atom. The fraction of sp³-hybridized carbons (Fsp3) is 0.385. The molecule has 7 heteroatoms. The molecule has 2 aromatic rings. The number of hydrogen-bond acceptors (Lipinski definition) is 3. The van der Waals surface area contributed by atoms with Gasteiger partial charge in [-0.2, -0.15) is 0 Å². The lowest BCUT2D eigenvalue weighted by atomic mass is 10.1. The normalized spacial score (nSPS) is 11.3. The summed E-state index contributed by atoms with van der Waals surface area (Å²) in [6, 6.07) is 1.95. The first-order chi connectivity index (χ1) is 9.45. The number of halogens is 3. The van der Waals surface area contributed by atoms with Crippen molar-refractivity contribution >= 4 is 0 Å². The van der Waals surface area contributed by atoms with E-state index < -0.39 is 24.1 Å². The number of nitrogens with zero attached hydrogens (tertiary/aromatic N) is 3. The predicted molar refractivity (Wildman–Crippen MR) is 66.1 cm³/mol. The lowest BCUT2D eigenvalue weighted by Crippen LogP contribution is -2.09. The smallest absolute Gasteiger partial charge is 0.195 e. The van der Waals surface area contributed by atoms with Crippen LogP contribution in [0.4, 0.5) is 13.2 Å². The summed E-state index contributed by atoms with van der Waals surface area (Å²) < 4.78 is 41.6. The molecule has 0 saturated heterocycles. The van der Waals surface area contributed by atoms with Crippen molar-refractivity contribution in [2.75, 3.05) is 0 Å². The molecular weight excluding hydrogens is 271 g/mol. The standard InChI is InChI=1S/C13H14F3N3O/c1-7(2)5-19-13(10(6-20)17-18-19)8-3-4-9(14)12(16)11(8)15/h3-4,7,20H,5-6H2,1-2H3. The van der Waals surface area contributed by atoms with E-state index >= 15 is 0 Å². The molecule has 0 aliphatic heterocycles. The summed E-state index contributed by atoms with van der Waals surface area (Å²) in [5.74, 6) is -3.94. The van der Waals surface area contributed by atoms with Crippen LogP contribution in [0.2, 0.25) is 0 Å². The second-order valence-corrected chi connectivity index (χ2v) is 4.84. The van der Waals surface area contributed by atoms with Gasteiger partial charge < -0.3 is 5.11 Å². The second-order valence-electron chi connectivity index (χ2n) is 4.84. The summed E-state index contributed by atoms with van der Waals surface area (Å²) in [6.45, 7) is 3.80. The minimum absolute atomic E-state index is 0.121. The van der Waals surface area contributed by atoms with Crippen molar-refractivity contribution in [2.24, 2.45) is 5.92 Å². The quantitative estimate of drug-likeness (QED) is 0.878. The van der Waals surface area contributed by atoms with E-state index in [0.29, 0.717) is 6.54 Å². The zero-order valence-electron chi connectivity index (χ0n) is 11.1. The average molecular weight is 285 g/mol. The van der Waals surface area contributed by atoms with E-state index in [1.165, 1.54) is 4.68 Å². The molecule has 0 atom stereocenters. The van der Waals surface area contributed by atoms with E-state index in [-0.39, 0.29) is 22.9 Å². The molecule has 0 spiro atoms. The second kappa shape index (κ2) is 5.62. The largest absolute Gasteiger partial charge is 0.390 e. The SMILES string of the molecule is CC(C)Cn1nnc(CO)c1-c1ccc(F)c(F)c1F. The van der Waals surface area contributed by atoms with Crippen LogP contribution in [0.1, 0.15) is 19.5 Å². The molecule has 0 aliphatic carbocycles. The molecule has 1 N–H and O–H groups in total. The van der Waals surface area contributed by atoms with E-state index in [1.807, 2.05) is 13.8 Å². The highest BCUT2D eigenvalue weighted by Crippen LogP contribution is 2.28. The fourth-order valence-electron chi connectivity index (χ4n) is 1.93. The molecule has 4 nitrogen and oxygen atoms in total. The van der Waals surface area contributed by atoms with E-state index in [9.17, 15) is 18.3 Å². The monoisotopic (exact) mass is 285 g/mol. The van der Waals surface area contributed by atoms with Crippen molar-refractivity contribution in [3.8, 4) is 11.3 Å². The van der Waals surface area contributed by atoms with E-state index in [2.05, 4.69) is 10.3 Å². The van der Waals surface area contributed by atoms with Crippen molar-refractivity contribution in [2.45, 2.75) is 27.0 Å². The van der Waals surface area contributed by atoms with Gasteiger partial charge in [0.05, 0.1) is 12.3 Å². The van der Waals surface area contributed by atoms with Crippen LogP contribution >= 0.6 is 0 Å². The Labute approximate surface area is 113 Å². The van der Waals surface area contributed by atoms with Crippen LogP contribution in [0, 0.1) is 23.4 Å². The van der Waals surface area contributed by atoms with Crippen molar-refractivity contribution in [3.63, 3.8) is 0 Å². The van der Waals surface area contributed by atoms with Gasteiger partial charge >= 0.3 is 0 Å². The topological polar surface area (TPSA) is 50.9 Å². The summed E-state index contributed by atoms with van der Waals surface area (Å²) in [7, 11) is 0. The average Bonchev–Trinajstić information content (AvgIpc) is 2.78.